The summed E-state index contributed by atoms with van der Waals surface area (Å²) in [5.74, 6) is 0.231. The molecule has 0 fully saturated rings. The van der Waals surface area contributed by atoms with Crippen LogP contribution in [0.5, 0.6) is 0 Å². The van der Waals surface area contributed by atoms with Gasteiger partial charge in [-0.05, 0) is 18.7 Å². The molecule has 2 nitrogen and oxygen atoms in total. The molecule has 0 aliphatic carbocycles. The summed E-state index contributed by atoms with van der Waals surface area (Å²) in [6, 6.07) is 0. The summed E-state index contributed by atoms with van der Waals surface area (Å²) in [6.45, 7) is 0.933. The van der Waals surface area contributed by atoms with Crippen LogP contribution in [0.2, 0.25) is 0 Å². The van der Waals surface area contributed by atoms with Crippen molar-refractivity contribution in [3.63, 3.8) is 0 Å². The highest BCUT2D eigenvalue weighted by molar-refractivity contribution is 5.89. The molecule has 0 aromatic carbocycles. The van der Waals surface area contributed by atoms with Crippen LogP contribution in [0.15, 0.2) is 12.3 Å². The predicted molar refractivity (Wildman–Crippen MR) is 31.4 cm³/mol. The quantitative estimate of drug-likeness (QED) is 0.492. The van der Waals surface area contributed by atoms with Crippen LogP contribution in [0, 0.1) is 0 Å². The van der Waals surface area contributed by atoms with Crippen LogP contribution in [-0.2, 0) is 4.79 Å². The van der Waals surface area contributed by atoms with Gasteiger partial charge >= 0.3 is 0 Å². The summed E-state index contributed by atoms with van der Waals surface area (Å²) in [6.07, 6.45) is 4.97. The summed E-state index contributed by atoms with van der Waals surface area (Å²) >= 11 is 0. The maximum Gasteiger partial charge on any atom is 0.157 e. The van der Waals surface area contributed by atoms with E-state index in [0.29, 0.717) is 6.42 Å². The molecular weight excluding hydrogens is 102 g/mol. The lowest BCUT2D eigenvalue weighted by atomic mass is 10.2. The van der Waals surface area contributed by atoms with Crippen LogP contribution in [0.25, 0.3) is 0 Å². The molecule has 1 rings (SSSR count). The van der Waals surface area contributed by atoms with Crippen molar-refractivity contribution in [2.24, 2.45) is 0 Å². The minimum Gasteiger partial charge on any atom is -0.391 e. The minimum atomic E-state index is 0.231. The molecule has 1 aliphatic rings. The first-order valence-electron chi connectivity index (χ1n) is 2.82. The van der Waals surface area contributed by atoms with Crippen LogP contribution >= 0.6 is 0 Å². The second kappa shape index (κ2) is 2.50. The molecule has 0 bridgehead atoms. The van der Waals surface area contributed by atoms with Gasteiger partial charge in [-0.15, -0.1) is 0 Å². The Kier molecular flexibility index (Phi) is 1.67. The zero-order valence-corrected chi connectivity index (χ0v) is 4.68. The van der Waals surface area contributed by atoms with Gasteiger partial charge in [0.1, 0.15) is 0 Å². The molecule has 1 aliphatic heterocycles. The highest BCUT2D eigenvalue weighted by atomic mass is 16.1. The molecule has 0 aromatic heterocycles. The topological polar surface area (TPSA) is 29.1 Å². The Hall–Kier alpha value is -0.790. The van der Waals surface area contributed by atoms with Crippen molar-refractivity contribution in [1.29, 1.82) is 0 Å². The summed E-state index contributed by atoms with van der Waals surface area (Å²) in [5, 5.41) is 2.98. The van der Waals surface area contributed by atoms with E-state index < -0.39 is 0 Å². The van der Waals surface area contributed by atoms with E-state index >= 15 is 0 Å². The van der Waals surface area contributed by atoms with Crippen molar-refractivity contribution in [2.45, 2.75) is 12.8 Å². The Labute approximate surface area is 48.6 Å². The van der Waals surface area contributed by atoms with Gasteiger partial charge in [-0.1, -0.05) is 0 Å². The first kappa shape index (κ1) is 5.35. The molecule has 1 heterocycles. The number of carbonyl (C=O) groups excluding carboxylic acids is 1. The molecule has 1 N–H and O–H groups in total. The molecule has 44 valence electrons. The lowest BCUT2D eigenvalue weighted by Crippen LogP contribution is -2.03. The van der Waals surface area contributed by atoms with E-state index in [0.717, 1.165) is 13.0 Å². The van der Waals surface area contributed by atoms with Gasteiger partial charge in [0.15, 0.2) is 5.78 Å². The molecule has 2 heteroatoms. The van der Waals surface area contributed by atoms with Crippen molar-refractivity contribution in [1.82, 2.24) is 5.32 Å². The van der Waals surface area contributed by atoms with E-state index in [1.165, 1.54) is 0 Å². The number of rotatable bonds is 0. The number of nitrogens with one attached hydrogen (secondary N) is 1. The molecule has 0 spiro atoms. The second-order valence-electron chi connectivity index (χ2n) is 1.86. The number of ketones is 1. The Bertz CT molecular complexity index is 118. The van der Waals surface area contributed by atoms with Gasteiger partial charge in [0.2, 0.25) is 0 Å². The first-order chi connectivity index (χ1) is 3.89. The molecule has 0 saturated carbocycles. The third kappa shape index (κ3) is 1.37. The summed E-state index contributed by atoms with van der Waals surface area (Å²) in [5.41, 5.74) is 0. The highest BCUT2D eigenvalue weighted by Gasteiger charge is 1.97. The van der Waals surface area contributed by atoms with Crippen LogP contribution in [0.1, 0.15) is 12.8 Å². The average molecular weight is 111 g/mol. The largest absolute Gasteiger partial charge is 0.391 e. The van der Waals surface area contributed by atoms with Crippen LogP contribution in [0.3, 0.4) is 0 Å². The van der Waals surface area contributed by atoms with Gasteiger partial charge in [0.25, 0.3) is 0 Å². The van der Waals surface area contributed by atoms with Gasteiger partial charge in [-0.2, -0.15) is 0 Å². The molecule has 0 radical (unpaired) electrons. The number of hydrogen-bond donors (Lipinski definition) is 1. The zero-order valence-electron chi connectivity index (χ0n) is 4.68. The van der Waals surface area contributed by atoms with Gasteiger partial charge in [-0.3, -0.25) is 4.79 Å². The van der Waals surface area contributed by atoms with E-state index in [9.17, 15) is 4.79 Å². The molecule has 8 heavy (non-hydrogen) atoms. The average Bonchev–Trinajstić information content (AvgIpc) is 1.94. The van der Waals surface area contributed by atoms with Crippen molar-refractivity contribution in [3.8, 4) is 0 Å². The molecular formula is C6H9NO. The normalized spacial score (nSPS) is 19.8. The third-order valence-electron chi connectivity index (χ3n) is 1.13. The second-order valence-corrected chi connectivity index (χ2v) is 1.86. The SMILES string of the molecule is O=C1C=CNCCC1. The van der Waals surface area contributed by atoms with Crippen molar-refractivity contribution >= 4 is 5.78 Å². The first-order valence-corrected chi connectivity index (χ1v) is 2.82. The van der Waals surface area contributed by atoms with Crippen molar-refractivity contribution < 1.29 is 4.79 Å². The predicted octanol–water partition coefficient (Wildman–Crippen LogP) is 0.453. The standard InChI is InChI=1S/C6H9NO/c8-6-2-1-4-7-5-3-6/h3,5,7H,1-2,4H2. The van der Waals surface area contributed by atoms with Gasteiger partial charge in [-0.25, -0.2) is 0 Å². The van der Waals surface area contributed by atoms with Gasteiger partial charge < -0.3 is 5.32 Å². The lowest BCUT2D eigenvalue weighted by Gasteiger charge is -1.90. The van der Waals surface area contributed by atoms with Crippen molar-refractivity contribution in [2.75, 3.05) is 6.54 Å². The Morgan fingerprint density at radius 1 is 1.62 bits per heavy atom. The summed E-state index contributed by atoms with van der Waals surface area (Å²) in [7, 11) is 0. The summed E-state index contributed by atoms with van der Waals surface area (Å²) in [4.78, 5) is 10.6. The summed E-state index contributed by atoms with van der Waals surface area (Å²) < 4.78 is 0. The fraction of sp³-hybridized carbons (Fsp3) is 0.500. The van der Waals surface area contributed by atoms with Crippen LogP contribution in [-0.4, -0.2) is 12.3 Å². The molecule has 0 amide bonds. The van der Waals surface area contributed by atoms with Crippen molar-refractivity contribution in [3.05, 3.63) is 12.3 Å². The molecule has 0 atom stereocenters. The van der Waals surface area contributed by atoms with E-state index in [2.05, 4.69) is 5.32 Å². The highest BCUT2D eigenvalue weighted by Crippen LogP contribution is 1.93. The molecule has 0 saturated heterocycles. The number of allylic oxidation sites excluding steroid dienone is 1. The Morgan fingerprint density at radius 3 is 3.38 bits per heavy atom. The fourth-order valence-electron chi connectivity index (χ4n) is 0.683. The number of carbonyl (C=O) groups is 1. The smallest absolute Gasteiger partial charge is 0.157 e. The van der Waals surface area contributed by atoms with E-state index in [1.807, 2.05) is 0 Å². The number of hydrogen-bond acceptors (Lipinski definition) is 2. The molecule has 0 unspecified atom stereocenters. The zero-order chi connectivity index (χ0) is 5.82. The maximum atomic E-state index is 10.6. The minimum absolute atomic E-state index is 0.231. The fourth-order valence-corrected chi connectivity index (χ4v) is 0.683. The van der Waals surface area contributed by atoms with E-state index in [1.54, 1.807) is 12.3 Å². The molecule has 0 aromatic rings. The van der Waals surface area contributed by atoms with Gasteiger partial charge in [0.05, 0.1) is 0 Å². The Morgan fingerprint density at radius 2 is 2.50 bits per heavy atom. The third-order valence-corrected chi connectivity index (χ3v) is 1.13. The van der Waals surface area contributed by atoms with Gasteiger partial charge in [0, 0.05) is 13.0 Å². The van der Waals surface area contributed by atoms with E-state index in [4.69, 9.17) is 0 Å². The maximum absolute atomic E-state index is 10.6. The van der Waals surface area contributed by atoms with Crippen LogP contribution in [0.4, 0.5) is 0 Å². The lowest BCUT2D eigenvalue weighted by molar-refractivity contribution is -0.114. The van der Waals surface area contributed by atoms with E-state index in [-0.39, 0.29) is 5.78 Å². The monoisotopic (exact) mass is 111 g/mol. The Balaban J connectivity index is 2.44. The van der Waals surface area contributed by atoms with Crippen LogP contribution < -0.4 is 5.32 Å².